The van der Waals surface area contributed by atoms with Crippen LogP contribution >= 0.6 is 34.8 Å². The van der Waals surface area contributed by atoms with E-state index in [1.54, 1.807) is 6.07 Å². The Morgan fingerprint density at radius 1 is 1.00 bits per heavy atom. The van der Waals surface area contributed by atoms with Gasteiger partial charge < -0.3 is 15.2 Å². The molecule has 160 valence electrons. The van der Waals surface area contributed by atoms with E-state index in [1.807, 2.05) is 41.5 Å². The first-order valence-corrected chi connectivity index (χ1v) is 10.1. The topological polar surface area (TPSA) is 101 Å². The van der Waals surface area contributed by atoms with E-state index < -0.39 is 11.9 Å². The summed E-state index contributed by atoms with van der Waals surface area (Å²) in [6.07, 6.45) is 0. The molecule has 10 heteroatoms. The minimum atomic E-state index is -1.63. The van der Waals surface area contributed by atoms with Crippen LogP contribution in [0.5, 0.6) is 11.6 Å². The molecule has 0 spiro atoms. The number of aromatic nitrogens is 2. The molecule has 0 aliphatic heterocycles. The van der Waals surface area contributed by atoms with E-state index in [0.29, 0.717) is 0 Å². The second-order valence-electron chi connectivity index (χ2n) is 5.21. The molecule has 0 saturated heterocycles. The van der Waals surface area contributed by atoms with Crippen molar-refractivity contribution in [1.29, 1.82) is 0 Å². The van der Waals surface area contributed by atoms with Crippen molar-refractivity contribution in [3.05, 3.63) is 39.0 Å². The molecule has 2 rings (SSSR count). The smallest absolute Gasteiger partial charge is 0.394 e. The number of anilines is 1. The third-order valence-electron chi connectivity index (χ3n) is 3.03. The van der Waals surface area contributed by atoms with Crippen LogP contribution in [0, 0.1) is 0 Å². The van der Waals surface area contributed by atoms with Gasteiger partial charge in [-0.15, -0.1) is 10.2 Å². The molecule has 0 bridgehead atoms. The molecular formula is C19H24Cl3N3O4. The number of hydrogen-bond donors (Lipinski definition) is 2. The molecule has 0 atom stereocenters. The molecule has 0 radical (unpaired) electrons. The number of carboxylic acid groups (broad SMARTS) is 1. The predicted molar refractivity (Wildman–Crippen MR) is 117 cm³/mol. The SMILES string of the molecule is CC.CC.CC(C)c1cc(Oc2c(Cl)cc(NC(=O)C(=O)O)cc2Cl)nnc1Cl. The maximum absolute atomic E-state index is 11.2. The van der Waals surface area contributed by atoms with Gasteiger partial charge in [0, 0.05) is 11.8 Å². The maximum Gasteiger partial charge on any atom is 0.394 e. The Morgan fingerprint density at radius 3 is 1.97 bits per heavy atom. The highest BCUT2D eigenvalue weighted by Gasteiger charge is 2.17. The third kappa shape index (κ3) is 8.04. The van der Waals surface area contributed by atoms with Crippen LogP contribution in [0.15, 0.2) is 18.2 Å². The molecule has 2 N–H and O–H groups in total. The fraction of sp³-hybridized carbons (Fsp3) is 0.368. The normalized spacial score (nSPS) is 9.59. The van der Waals surface area contributed by atoms with Gasteiger partial charge in [-0.1, -0.05) is 76.3 Å². The number of ether oxygens (including phenoxy) is 1. The zero-order valence-corrected chi connectivity index (χ0v) is 19.3. The highest BCUT2D eigenvalue weighted by molar-refractivity contribution is 6.39. The Morgan fingerprint density at radius 2 is 1.52 bits per heavy atom. The van der Waals surface area contributed by atoms with E-state index in [2.05, 4.69) is 15.5 Å². The number of benzene rings is 1. The Kier molecular flexibility index (Phi) is 12.2. The van der Waals surface area contributed by atoms with Gasteiger partial charge in [0.1, 0.15) is 0 Å². The van der Waals surface area contributed by atoms with E-state index in [9.17, 15) is 9.59 Å². The van der Waals surface area contributed by atoms with E-state index in [-0.39, 0.29) is 38.4 Å². The summed E-state index contributed by atoms with van der Waals surface area (Å²) in [5, 5.41) is 18.7. The van der Waals surface area contributed by atoms with Gasteiger partial charge in [-0.05, 0) is 23.6 Å². The quantitative estimate of drug-likeness (QED) is 0.506. The average Bonchev–Trinajstić information content (AvgIpc) is 2.68. The first-order chi connectivity index (χ1) is 13.7. The number of hydrogen-bond acceptors (Lipinski definition) is 5. The lowest BCUT2D eigenvalue weighted by Crippen LogP contribution is -2.21. The van der Waals surface area contributed by atoms with Crippen LogP contribution in [0.25, 0.3) is 0 Å². The van der Waals surface area contributed by atoms with Crippen molar-refractivity contribution in [1.82, 2.24) is 10.2 Å². The number of carboxylic acids is 1. The Balaban J connectivity index is 0.00000184. The average molecular weight is 465 g/mol. The van der Waals surface area contributed by atoms with Crippen molar-refractivity contribution in [3.63, 3.8) is 0 Å². The van der Waals surface area contributed by atoms with Crippen LogP contribution < -0.4 is 10.1 Å². The minimum Gasteiger partial charge on any atom is -0.474 e. The number of amides is 1. The molecule has 29 heavy (non-hydrogen) atoms. The van der Waals surface area contributed by atoms with Crippen molar-refractivity contribution < 1.29 is 19.4 Å². The largest absolute Gasteiger partial charge is 0.474 e. The molecule has 0 saturated carbocycles. The molecule has 0 aliphatic carbocycles. The molecule has 1 heterocycles. The molecule has 0 fully saturated rings. The van der Waals surface area contributed by atoms with E-state index in [4.69, 9.17) is 44.6 Å². The minimum absolute atomic E-state index is 0.0519. The number of carbonyl (C=O) groups excluding carboxylic acids is 1. The fourth-order valence-corrected chi connectivity index (χ4v) is 2.72. The van der Waals surface area contributed by atoms with Crippen LogP contribution in [0.3, 0.4) is 0 Å². The maximum atomic E-state index is 11.2. The molecule has 7 nitrogen and oxygen atoms in total. The van der Waals surface area contributed by atoms with Crippen molar-refractivity contribution in [2.24, 2.45) is 0 Å². The van der Waals surface area contributed by atoms with Gasteiger partial charge in [0.2, 0.25) is 5.88 Å². The lowest BCUT2D eigenvalue weighted by Gasteiger charge is -2.12. The second-order valence-corrected chi connectivity index (χ2v) is 6.39. The van der Waals surface area contributed by atoms with Crippen LogP contribution in [-0.4, -0.2) is 27.2 Å². The van der Waals surface area contributed by atoms with Crippen molar-refractivity contribution in [2.45, 2.75) is 47.5 Å². The zero-order chi connectivity index (χ0) is 22.7. The summed E-state index contributed by atoms with van der Waals surface area (Å²) >= 11 is 18.2. The second kappa shape index (κ2) is 13.2. The molecule has 1 aromatic heterocycles. The number of aliphatic carboxylic acids is 1. The van der Waals surface area contributed by atoms with Crippen LogP contribution in [-0.2, 0) is 9.59 Å². The van der Waals surface area contributed by atoms with Gasteiger partial charge in [-0.3, -0.25) is 4.79 Å². The monoisotopic (exact) mass is 463 g/mol. The van der Waals surface area contributed by atoms with Crippen molar-refractivity contribution >= 4 is 52.4 Å². The number of rotatable bonds is 4. The van der Waals surface area contributed by atoms with Gasteiger partial charge in [0.25, 0.3) is 0 Å². The summed E-state index contributed by atoms with van der Waals surface area (Å²) in [4.78, 5) is 21.8. The van der Waals surface area contributed by atoms with E-state index in [1.165, 1.54) is 12.1 Å². The van der Waals surface area contributed by atoms with Gasteiger partial charge in [-0.2, -0.15) is 0 Å². The summed E-state index contributed by atoms with van der Waals surface area (Å²) < 4.78 is 5.57. The van der Waals surface area contributed by atoms with Crippen LogP contribution in [0.4, 0.5) is 5.69 Å². The van der Waals surface area contributed by atoms with Gasteiger partial charge >= 0.3 is 11.9 Å². The highest BCUT2D eigenvalue weighted by atomic mass is 35.5. The molecule has 1 aromatic carbocycles. The van der Waals surface area contributed by atoms with Gasteiger partial charge in [-0.25, -0.2) is 4.79 Å². The highest BCUT2D eigenvalue weighted by Crippen LogP contribution is 2.39. The number of nitrogens with one attached hydrogen (secondary N) is 1. The van der Waals surface area contributed by atoms with E-state index >= 15 is 0 Å². The summed E-state index contributed by atoms with van der Waals surface area (Å²) in [5.41, 5.74) is 0.851. The first kappa shape index (κ1) is 26.9. The molecule has 0 unspecified atom stereocenters. The molecular weight excluding hydrogens is 441 g/mol. The Hall–Kier alpha value is -2.09. The number of halogens is 3. The summed E-state index contributed by atoms with van der Waals surface area (Å²) in [5.74, 6) is -2.52. The standard InChI is InChI=1S/C15H12Cl3N3O4.2C2H6/c1-6(2)8-5-11(20-21-13(8)18)25-12-9(16)3-7(4-10(12)17)19-14(22)15(23)24;2*1-2/h3-6H,1-2H3,(H,19,22)(H,23,24);2*1-2H3. The summed E-state index contributed by atoms with van der Waals surface area (Å²) in [6.45, 7) is 11.9. The van der Waals surface area contributed by atoms with Gasteiger partial charge in [0.05, 0.1) is 10.0 Å². The first-order valence-electron chi connectivity index (χ1n) is 8.93. The Labute approximate surface area is 185 Å². The number of carbonyl (C=O) groups is 2. The third-order valence-corrected chi connectivity index (χ3v) is 3.89. The predicted octanol–water partition coefficient (Wildman–Crippen LogP) is 6.43. The lowest BCUT2D eigenvalue weighted by molar-refractivity contribution is -0.147. The summed E-state index contributed by atoms with van der Waals surface area (Å²) in [7, 11) is 0. The van der Waals surface area contributed by atoms with Crippen LogP contribution in [0.1, 0.15) is 53.0 Å². The molecule has 1 amide bonds. The fourth-order valence-electron chi connectivity index (χ4n) is 1.85. The number of nitrogens with zero attached hydrogens (tertiary/aromatic N) is 2. The molecule has 0 aliphatic rings. The van der Waals surface area contributed by atoms with Crippen molar-refractivity contribution in [2.75, 3.05) is 5.32 Å². The lowest BCUT2D eigenvalue weighted by atomic mass is 10.1. The Bertz CT molecular complexity index is 822. The zero-order valence-electron chi connectivity index (χ0n) is 17.0. The van der Waals surface area contributed by atoms with Gasteiger partial charge in [0.15, 0.2) is 10.9 Å². The van der Waals surface area contributed by atoms with E-state index in [0.717, 1.165) is 5.56 Å². The van der Waals surface area contributed by atoms with Crippen LogP contribution in [0.2, 0.25) is 15.2 Å². The van der Waals surface area contributed by atoms with Crippen molar-refractivity contribution in [3.8, 4) is 11.6 Å². The summed E-state index contributed by atoms with van der Waals surface area (Å²) in [6, 6.07) is 4.22. The molecule has 2 aromatic rings.